The molecule has 1 saturated heterocycles. The quantitative estimate of drug-likeness (QED) is 0.540. The zero-order valence-corrected chi connectivity index (χ0v) is 15.2. The van der Waals surface area contributed by atoms with Crippen molar-refractivity contribution >= 4 is 5.97 Å². The third kappa shape index (κ3) is 5.80. The maximum atomic E-state index is 11.5. The highest BCUT2D eigenvalue weighted by molar-refractivity contribution is 5.72. The van der Waals surface area contributed by atoms with Crippen molar-refractivity contribution in [1.82, 2.24) is 9.80 Å². The smallest absolute Gasteiger partial charge is 0.311 e. The molecule has 1 aromatic carbocycles. The number of benzene rings is 1. The number of piperazine rings is 1. The second-order valence-corrected chi connectivity index (χ2v) is 6.29. The van der Waals surface area contributed by atoms with E-state index in [-0.39, 0.29) is 5.97 Å². The highest BCUT2D eigenvalue weighted by atomic mass is 16.6. The van der Waals surface area contributed by atoms with E-state index >= 15 is 0 Å². The minimum Gasteiger partial charge on any atom is -0.490 e. The molecule has 0 spiro atoms. The Kier molecular flexibility index (Phi) is 7.53. The van der Waals surface area contributed by atoms with E-state index in [1.807, 2.05) is 25.1 Å². The van der Waals surface area contributed by atoms with Crippen LogP contribution in [0.3, 0.4) is 0 Å². The van der Waals surface area contributed by atoms with E-state index in [4.69, 9.17) is 9.47 Å². The Morgan fingerprint density at radius 2 is 1.88 bits per heavy atom. The maximum absolute atomic E-state index is 11.5. The number of likely N-dealkylation sites (N-methyl/N-ethyl adjacent to an activating group) is 1. The molecule has 0 saturated carbocycles. The van der Waals surface area contributed by atoms with Gasteiger partial charge in [-0.05, 0) is 51.1 Å². The van der Waals surface area contributed by atoms with Crippen LogP contribution in [-0.2, 0) is 11.2 Å². The predicted molar refractivity (Wildman–Crippen MR) is 95.8 cm³/mol. The Hall–Kier alpha value is -1.59. The van der Waals surface area contributed by atoms with E-state index in [2.05, 4.69) is 16.8 Å². The second kappa shape index (κ2) is 9.64. The normalized spacial score (nSPS) is 16.1. The van der Waals surface area contributed by atoms with Gasteiger partial charge in [-0.15, -0.1) is 0 Å². The molecular formula is C19H30N2O3. The monoisotopic (exact) mass is 334 g/mol. The molecule has 1 aliphatic rings. The summed E-state index contributed by atoms with van der Waals surface area (Å²) >= 11 is 0. The summed E-state index contributed by atoms with van der Waals surface area (Å²) in [7, 11) is 2.18. The lowest BCUT2D eigenvalue weighted by Crippen LogP contribution is -2.44. The summed E-state index contributed by atoms with van der Waals surface area (Å²) < 4.78 is 11.0. The molecule has 1 fully saturated rings. The summed E-state index contributed by atoms with van der Waals surface area (Å²) in [5.41, 5.74) is 1.23. The lowest BCUT2D eigenvalue weighted by Gasteiger charge is -2.32. The Labute approximate surface area is 145 Å². The van der Waals surface area contributed by atoms with Gasteiger partial charge in [0.1, 0.15) is 0 Å². The number of ether oxygens (including phenoxy) is 2. The fourth-order valence-electron chi connectivity index (χ4n) is 2.83. The van der Waals surface area contributed by atoms with E-state index < -0.39 is 0 Å². The molecule has 0 radical (unpaired) electrons. The predicted octanol–water partition coefficient (Wildman–Crippen LogP) is 2.58. The van der Waals surface area contributed by atoms with Gasteiger partial charge in [-0.3, -0.25) is 4.79 Å². The summed E-state index contributed by atoms with van der Waals surface area (Å²) in [6.45, 7) is 10.0. The lowest BCUT2D eigenvalue weighted by molar-refractivity contribution is -0.134. The fourth-order valence-corrected chi connectivity index (χ4v) is 2.83. The van der Waals surface area contributed by atoms with Crippen molar-refractivity contribution in [2.75, 3.05) is 46.4 Å². The minimum atomic E-state index is -0.237. The first-order valence-electron chi connectivity index (χ1n) is 8.99. The molecule has 1 aliphatic heterocycles. The molecule has 0 amide bonds. The Morgan fingerprint density at radius 1 is 1.12 bits per heavy atom. The Balaban J connectivity index is 1.88. The molecule has 5 nitrogen and oxygen atoms in total. The van der Waals surface area contributed by atoms with E-state index in [0.717, 1.165) is 45.6 Å². The molecule has 0 atom stereocenters. The molecule has 0 unspecified atom stereocenters. The zero-order chi connectivity index (χ0) is 17.4. The van der Waals surface area contributed by atoms with Crippen molar-refractivity contribution in [3.05, 3.63) is 23.8 Å². The third-order valence-electron chi connectivity index (χ3n) is 4.36. The van der Waals surface area contributed by atoms with Gasteiger partial charge in [0.25, 0.3) is 0 Å². The van der Waals surface area contributed by atoms with Crippen LogP contribution in [0, 0.1) is 0 Å². The van der Waals surface area contributed by atoms with Crippen LogP contribution >= 0.6 is 0 Å². The van der Waals surface area contributed by atoms with E-state index in [0.29, 0.717) is 24.5 Å². The van der Waals surface area contributed by atoms with Crippen LogP contribution in [-0.4, -0.2) is 62.1 Å². The molecule has 134 valence electrons. The largest absolute Gasteiger partial charge is 0.490 e. The maximum Gasteiger partial charge on any atom is 0.311 e. The number of nitrogens with zero attached hydrogens (tertiary/aromatic N) is 2. The van der Waals surface area contributed by atoms with Crippen molar-refractivity contribution in [2.45, 2.75) is 33.1 Å². The van der Waals surface area contributed by atoms with Gasteiger partial charge in [-0.2, -0.15) is 0 Å². The van der Waals surface area contributed by atoms with Gasteiger partial charge < -0.3 is 19.3 Å². The molecule has 0 bridgehead atoms. The number of rotatable bonds is 8. The van der Waals surface area contributed by atoms with Crippen LogP contribution in [0.4, 0.5) is 0 Å². The van der Waals surface area contributed by atoms with E-state index in [9.17, 15) is 4.79 Å². The van der Waals surface area contributed by atoms with Crippen molar-refractivity contribution in [3.8, 4) is 11.5 Å². The fraction of sp³-hybridized carbons (Fsp3) is 0.632. The van der Waals surface area contributed by atoms with Gasteiger partial charge in [-0.25, -0.2) is 0 Å². The topological polar surface area (TPSA) is 42.0 Å². The van der Waals surface area contributed by atoms with Crippen LogP contribution in [0.15, 0.2) is 18.2 Å². The molecule has 0 aromatic heterocycles. The Morgan fingerprint density at radius 3 is 2.54 bits per heavy atom. The average Bonchev–Trinajstić information content (AvgIpc) is 2.59. The molecule has 0 N–H and O–H groups in total. The van der Waals surface area contributed by atoms with E-state index in [1.165, 1.54) is 5.56 Å². The summed E-state index contributed by atoms with van der Waals surface area (Å²) in [6, 6.07) is 5.89. The van der Waals surface area contributed by atoms with Crippen LogP contribution < -0.4 is 9.47 Å². The number of carbonyl (C=O) groups is 1. The highest BCUT2D eigenvalue weighted by Gasteiger charge is 2.14. The Bertz CT molecular complexity index is 525. The summed E-state index contributed by atoms with van der Waals surface area (Å²) in [6.07, 6.45) is 2.50. The lowest BCUT2D eigenvalue weighted by atomic mass is 10.1. The number of hydrogen-bond donors (Lipinski definition) is 0. The number of esters is 1. The van der Waals surface area contributed by atoms with Gasteiger partial charge in [0.05, 0.1) is 6.61 Å². The average molecular weight is 334 g/mol. The molecule has 5 heteroatoms. The SMILES string of the molecule is CCOc1cc(CCCN2CCN(C)CC2)ccc1OC(=O)CC. The van der Waals surface area contributed by atoms with Crippen LogP contribution in [0.5, 0.6) is 11.5 Å². The summed E-state index contributed by atoms with van der Waals surface area (Å²) in [4.78, 5) is 16.4. The van der Waals surface area contributed by atoms with Crippen LogP contribution in [0.25, 0.3) is 0 Å². The van der Waals surface area contributed by atoms with Crippen LogP contribution in [0.2, 0.25) is 0 Å². The van der Waals surface area contributed by atoms with Crippen LogP contribution in [0.1, 0.15) is 32.3 Å². The molecular weight excluding hydrogens is 304 g/mol. The zero-order valence-electron chi connectivity index (χ0n) is 15.2. The van der Waals surface area contributed by atoms with Gasteiger partial charge >= 0.3 is 5.97 Å². The van der Waals surface area contributed by atoms with Crippen molar-refractivity contribution in [2.24, 2.45) is 0 Å². The van der Waals surface area contributed by atoms with Crippen molar-refractivity contribution in [1.29, 1.82) is 0 Å². The molecule has 2 rings (SSSR count). The standard InChI is InChI=1S/C19H30N2O3/c1-4-19(22)24-17-9-8-16(15-18(17)23-5-2)7-6-10-21-13-11-20(3)12-14-21/h8-9,15H,4-7,10-14H2,1-3H3. The van der Waals surface area contributed by atoms with Gasteiger partial charge in [-0.1, -0.05) is 13.0 Å². The van der Waals surface area contributed by atoms with Crippen molar-refractivity contribution in [3.63, 3.8) is 0 Å². The summed E-state index contributed by atoms with van der Waals surface area (Å²) in [5.74, 6) is 0.946. The highest BCUT2D eigenvalue weighted by Crippen LogP contribution is 2.29. The molecule has 1 aromatic rings. The van der Waals surface area contributed by atoms with Gasteiger partial charge in [0.15, 0.2) is 11.5 Å². The number of carbonyl (C=O) groups excluding carboxylic acids is 1. The number of aryl methyl sites for hydroxylation is 1. The second-order valence-electron chi connectivity index (χ2n) is 6.29. The third-order valence-corrected chi connectivity index (χ3v) is 4.36. The van der Waals surface area contributed by atoms with E-state index in [1.54, 1.807) is 6.92 Å². The van der Waals surface area contributed by atoms with Gasteiger partial charge in [0, 0.05) is 32.6 Å². The molecule has 0 aliphatic carbocycles. The first-order valence-corrected chi connectivity index (χ1v) is 8.99. The van der Waals surface area contributed by atoms with Gasteiger partial charge in [0.2, 0.25) is 0 Å². The minimum absolute atomic E-state index is 0.237. The first kappa shape index (κ1) is 18.7. The molecule has 1 heterocycles. The molecule has 24 heavy (non-hydrogen) atoms. The number of hydrogen-bond acceptors (Lipinski definition) is 5. The van der Waals surface area contributed by atoms with Crippen molar-refractivity contribution < 1.29 is 14.3 Å². The summed E-state index contributed by atoms with van der Waals surface area (Å²) in [5, 5.41) is 0. The first-order chi connectivity index (χ1) is 11.6.